The van der Waals surface area contributed by atoms with Crippen molar-refractivity contribution >= 4 is 44.8 Å². The molecule has 0 radical (unpaired) electrons. The molecule has 2 aromatic rings. The molecule has 1 amide bonds. The van der Waals surface area contributed by atoms with Crippen LogP contribution in [0.3, 0.4) is 0 Å². The van der Waals surface area contributed by atoms with Gasteiger partial charge < -0.3 is 10.6 Å². The normalized spacial score (nSPS) is 10.3. The quantitative estimate of drug-likeness (QED) is 0.830. The van der Waals surface area contributed by atoms with Gasteiger partial charge in [0.25, 0.3) is 0 Å². The lowest BCUT2D eigenvalue weighted by Crippen LogP contribution is -2.22. The first kappa shape index (κ1) is 15.7. The van der Waals surface area contributed by atoms with Gasteiger partial charge >= 0.3 is 0 Å². The molecule has 7 heteroatoms. The molecule has 0 aromatic heterocycles. The van der Waals surface area contributed by atoms with E-state index in [4.69, 9.17) is 11.6 Å². The molecule has 0 bridgehead atoms. The fourth-order valence-corrected chi connectivity index (χ4v) is 2.31. The van der Waals surface area contributed by atoms with Gasteiger partial charge in [-0.05, 0) is 24.3 Å². The van der Waals surface area contributed by atoms with Crippen molar-refractivity contribution in [2.75, 3.05) is 17.2 Å². The lowest BCUT2D eigenvalue weighted by atomic mass is 10.3. The molecule has 0 saturated carbocycles. The number of carbonyl (C=O) groups excluding carboxylic acids is 1. The van der Waals surface area contributed by atoms with Gasteiger partial charge in [0.15, 0.2) is 5.82 Å². The average Bonchev–Trinajstić information content (AvgIpc) is 2.37. The zero-order chi connectivity index (χ0) is 15.4. The Morgan fingerprint density at radius 1 is 1.24 bits per heavy atom. The van der Waals surface area contributed by atoms with Crippen LogP contribution in [0.4, 0.5) is 20.2 Å². The first-order chi connectivity index (χ1) is 9.95. The minimum atomic E-state index is -0.852. The predicted molar refractivity (Wildman–Crippen MR) is 82.6 cm³/mol. The highest BCUT2D eigenvalue weighted by atomic mass is 79.9. The van der Waals surface area contributed by atoms with Crippen molar-refractivity contribution in [3.05, 3.63) is 57.5 Å². The minimum absolute atomic E-state index is 0.109. The molecule has 0 fully saturated rings. The largest absolute Gasteiger partial charge is 0.373 e. The van der Waals surface area contributed by atoms with Crippen LogP contribution in [0.25, 0.3) is 0 Å². The second kappa shape index (κ2) is 6.87. The fourth-order valence-electron chi connectivity index (χ4n) is 1.65. The van der Waals surface area contributed by atoms with Gasteiger partial charge in [-0.1, -0.05) is 33.6 Å². The lowest BCUT2D eigenvalue weighted by molar-refractivity contribution is -0.114. The number of benzene rings is 2. The maximum atomic E-state index is 13.5. The zero-order valence-electron chi connectivity index (χ0n) is 10.6. The summed E-state index contributed by atoms with van der Waals surface area (Å²) in [5.74, 6) is -2.01. The van der Waals surface area contributed by atoms with Gasteiger partial charge in [-0.2, -0.15) is 0 Å². The SMILES string of the molecule is O=C(CNc1c(F)cc(F)cc1Cl)Nc1cccc(Br)c1. The molecule has 2 N–H and O–H groups in total. The lowest BCUT2D eigenvalue weighted by Gasteiger charge is -2.10. The van der Waals surface area contributed by atoms with Crippen molar-refractivity contribution in [2.24, 2.45) is 0 Å². The Kier molecular flexibility index (Phi) is 5.14. The molecule has 0 aliphatic rings. The van der Waals surface area contributed by atoms with Crippen LogP contribution in [-0.2, 0) is 4.79 Å². The van der Waals surface area contributed by atoms with Gasteiger partial charge in [0.1, 0.15) is 5.82 Å². The highest BCUT2D eigenvalue weighted by Crippen LogP contribution is 2.26. The summed E-state index contributed by atoms with van der Waals surface area (Å²) in [4.78, 5) is 11.8. The molecule has 0 aliphatic carbocycles. The van der Waals surface area contributed by atoms with Gasteiger partial charge in [-0.3, -0.25) is 4.79 Å². The summed E-state index contributed by atoms with van der Waals surface area (Å²) >= 11 is 9.00. The summed E-state index contributed by atoms with van der Waals surface area (Å²) < 4.78 is 27.2. The van der Waals surface area contributed by atoms with E-state index in [0.717, 1.165) is 10.5 Å². The Morgan fingerprint density at radius 3 is 2.67 bits per heavy atom. The molecule has 3 nitrogen and oxygen atoms in total. The Hall–Kier alpha value is -1.66. The molecule has 21 heavy (non-hydrogen) atoms. The van der Waals surface area contributed by atoms with Crippen molar-refractivity contribution in [3.63, 3.8) is 0 Å². The smallest absolute Gasteiger partial charge is 0.243 e. The molecule has 2 aromatic carbocycles. The maximum absolute atomic E-state index is 13.5. The van der Waals surface area contributed by atoms with Crippen LogP contribution in [0.1, 0.15) is 0 Å². The van der Waals surface area contributed by atoms with E-state index in [9.17, 15) is 13.6 Å². The number of hydrogen-bond acceptors (Lipinski definition) is 2. The van der Waals surface area contributed by atoms with Crippen LogP contribution in [0.2, 0.25) is 5.02 Å². The van der Waals surface area contributed by atoms with Crippen LogP contribution in [0.15, 0.2) is 40.9 Å². The third kappa shape index (κ3) is 4.41. The first-order valence-electron chi connectivity index (χ1n) is 5.89. The topological polar surface area (TPSA) is 41.1 Å². The van der Waals surface area contributed by atoms with Gasteiger partial charge in [0, 0.05) is 16.2 Å². The Bertz CT molecular complexity index is 659. The summed E-state index contributed by atoms with van der Waals surface area (Å²) in [5.41, 5.74) is 0.490. The molecule has 0 spiro atoms. The minimum Gasteiger partial charge on any atom is -0.373 e. The van der Waals surface area contributed by atoms with Crippen molar-refractivity contribution in [2.45, 2.75) is 0 Å². The van der Waals surface area contributed by atoms with E-state index in [1.165, 1.54) is 0 Å². The summed E-state index contributed by atoms with van der Waals surface area (Å²) in [5, 5.41) is 5.06. The van der Waals surface area contributed by atoms with Crippen molar-refractivity contribution in [3.8, 4) is 0 Å². The number of anilines is 2. The van der Waals surface area contributed by atoms with Gasteiger partial charge in [0.05, 0.1) is 17.3 Å². The second-order valence-electron chi connectivity index (χ2n) is 4.16. The van der Waals surface area contributed by atoms with Crippen molar-refractivity contribution in [1.29, 1.82) is 0 Å². The summed E-state index contributed by atoms with van der Waals surface area (Å²) in [7, 11) is 0. The number of rotatable bonds is 4. The monoisotopic (exact) mass is 374 g/mol. The van der Waals surface area contributed by atoms with E-state index < -0.39 is 11.6 Å². The maximum Gasteiger partial charge on any atom is 0.243 e. The molecular formula is C14H10BrClF2N2O. The fraction of sp³-hybridized carbons (Fsp3) is 0.0714. The zero-order valence-corrected chi connectivity index (χ0v) is 12.9. The molecule has 110 valence electrons. The van der Waals surface area contributed by atoms with E-state index >= 15 is 0 Å². The van der Waals surface area contributed by atoms with Crippen LogP contribution < -0.4 is 10.6 Å². The highest BCUT2D eigenvalue weighted by molar-refractivity contribution is 9.10. The molecule has 0 aliphatic heterocycles. The van der Waals surface area contributed by atoms with E-state index in [1.54, 1.807) is 18.2 Å². The number of amides is 1. The molecule has 0 saturated heterocycles. The predicted octanol–water partition coefficient (Wildman–Crippen LogP) is 4.43. The third-order valence-corrected chi connectivity index (χ3v) is 3.33. The Balaban J connectivity index is 1.99. The van der Waals surface area contributed by atoms with Crippen LogP contribution >= 0.6 is 27.5 Å². The number of carbonyl (C=O) groups is 1. The summed E-state index contributed by atoms with van der Waals surface area (Å²) in [6, 6.07) is 8.70. The van der Waals surface area contributed by atoms with E-state index in [1.807, 2.05) is 6.07 Å². The van der Waals surface area contributed by atoms with E-state index in [0.29, 0.717) is 11.8 Å². The number of halogens is 4. The first-order valence-corrected chi connectivity index (χ1v) is 7.06. The second-order valence-corrected chi connectivity index (χ2v) is 5.48. The van der Waals surface area contributed by atoms with Crippen LogP contribution in [0.5, 0.6) is 0 Å². The van der Waals surface area contributed by atoms with Crippen molar-refractivity contribution in [1.82, 2.24) is 0 Å². The molecular weight excluding hydrogens is 366 g/mol. The van der Waals surface area contributed by atoms with Gasteiger partial charge in [0.2, 0.25) is 5.91 Å². The Morgan fingerprint density at radius 2 is 2.00 bits per heavy atom. The van der Waals surface area contributed by atoms with Gasteiger partial charge in [-0.25, -0.2) is 8.78 Å². The van der Waals surface area contributed by atoms with E-state index in [2.05, 4.69) is 26.6 Å². The molecule has 2 rings (SSSR count). The van der Waals surface area contributed by atoms with Crippen molar-refractivity contribution < 1.29 is 13.6 Å². The molecule has 0 atom stereocenters. The molecule has 0 heterocycles. The third-order valence-electron chi connectivity index (χ3n) is 2.54. The van der Waals surface area contributed by atoms with Crippen LogP contribution in [0, 0.1) is 11.6 Å². The summed E-state index contributed by atoms with van der Waals surface area (Å²) in [6.07, 6.45) is 0. The summed E-state index contributed by atoms with van der Waals surface area (Å²) in [6.45, 7) is -0.200. The van der Waals surface area contributed by atoms with Crippen LogP contribution in [-0.4, -0.2) is 12.5 Å². The molecule has 0 unspecified atom stereocenters. The van der Waals surface area contributed by atoms with E-state index in [-0.39, 0.29) is 23.2 Å². The Labute approximate surface area is 133 Å². The highest BCUT2D eigenvalue weighted by Gasteiger charge is 2.11. The van der Waals surface area contributed by atoms with Gasteiger partial charge in [-0.15, -0.1) is 0 Å². The standard InChI is InChI=1S/C14H10BrClF2N2O/c15-8-2-1-3-10(4-8)20-13(21)7-19-14-11(16)5-9(17)6-12(14)18/h1-6,19H,7H2,(H,20,21). The average molecular weight is 376 g/mol. The number of hydrogen-bond donors (Lipinski definition) is 2. The number of nitrogens with one attached hydrogen (secondary N) is 2.